The van der Waals surface area contributed by atoms with E-state index in [4.69, 9.17) is 5.11 Å². The van der Waals surface area contributed by atoms with Crippen molar-refractivity contribution < 1.29 is 18.3 Å². The van der Waals surface area contributed by atoms with E-state index in [1.165, 1.54) is 24.3 Å². The van der Waals surface area contributed by atoms with Crippen molar-refractivity contribution in [2.45, 2.75) is 11.8 Å². The molecule has 0 saturated carbocycles. The molecule has 0 unspecified atom stereocenters. The Labute approximate surface area is 130 Å². The highest BCUT2D eigenvalue weighted by atomic mass is 79.9. The number of rotatable bonds is 4. The third-order valence-corrected chi connectivity index (χ3v) is 4.76. The summed E-state index contributed by atoms with van der Waals surface area (Å²) in [6.45, 7) is 1.70. The lowest BCUT2D eigenvalue weighted by molar-refractivity contribution is 0.0697. The van der Waals surface area contributed by atoms with Gasteiger partial charge >= 0.3 is 5.97 Å². The van der Waals surface area contributed by atoms with E-state index in [1.807, 2.05) is 0 Å². The standard InChI is InChI=1S/C14H12BrNO4S/c1-9-2-3-10(14(17)18)8-13(9)16-21(19,20)12-6-4-11(15)5-7-12/h2-8,16H,1H3,(H,17,18). The van der Waals surface area contributed by atoms with Crippen LogP contribution in [0.3, 0.4) is 0 Å². The van der Waals surface area contributed by atoms with Crippen LogP contribution in [0.15, 0.2) is 51.8 Å². The molecule has 2 aromatic carbocycles. The summed E-state index contributed by atoms with van der Waals surface area (Å²) in [5.41, 5.74) is 0.910. The number of carboxylic acids is 1. The van der Waals surface area contributed by atoms with E-state index in [0.29, 0.717) is 5.56 Å². The third-order valence-electron chi connectivity index (χ3n) is 2.85. The van der Waals surface area contributed by atoms with Crippen LogP contribution in [0.5, 0.6) is 0 Å². The zero-order chi connectivity index (χ0) is 15.6. The van der Waals surface area contributed by atoms with Crippen LogP contribution in [0.25, 0.3) is 0 Å². The molecule has 0 amide bonds. The molecule has 0 aromatic heterocycles. The number of carboxylic acid groups (broad SMARTS) is 1. The maximum Gasteiger partial charge on any atom is 0.335 e. The summed E-state index contributed by atoms with van der Waals surface area (Å²) in [6.07, 6.45) is 0. The van der Waals surface area contributed by atoms with E-state index < -0.39 is 16.0 Å². The van der Waals surface area contributed by atoms with Crippen LogP contribution in [0.4, 0.5) is 5.69 Å². The molecule has 0 spiro atoms. The van der Waals surface area contributed by atoms with Crippen LogP contribution in [-0.4, -0.2) is 19.5 Å². The quantitative estimate of drug-likeness (QED) is 0.866. The van der Waals surface area contributed by atoms with Crippen LogP contribution in [0.2, 0.25) is 0 Å². The molecule has 5 nitrogen and oxygen atoms in total. The van der Waals surface area contributed by atoms with Crippen molar-refractivity contribution >= 4 is 37.6 Å². The van der Waals surface area contributed by atoms with Gasteiger partial charge in [-0.15, -0.1) is 0 Å². The molecule has 21 heavy (non-hydrogen) atoms. The number of sulfonamides is 1. The smallest absolute Gasteiger partial charge is 0.335 e. The Bertz CT molecular complexity index is 785. The van der Waals surface area contributed by atoms with Crippen molar-refractivity contribution in [2.24, 2.45) is 0 Å². The fourth-order valence-corrected chi connectivity index (χ4v) is 3.07. The summed E-state index contributed by atoms with van der Waals surface area (Å²) >= 11 is 3.24. The van der Waals surface area contributed by atoms with Crippen molar-refractivity contribution in [2.75, 3.05) is 4.72 Å². The number of nitrogens with one attached hydrogen (secondary N) is 1. The van der Waals surface area contributed by atoms with E-state index in [0.717, 1.165) is 4.47 Å². The molecule has 2 aromatic rings. The SMILES string of the molecule is Cc1ccc(C(=O)O)cc1NS(=O)(=O)c1ccc(Br)cc1. The van der Waals surface area contributed by atoms with Crippen molar-refractivity contribution in [3.8, 4) is 0 Å². The topological polar surface area (TPSA) is 83.5 Å². The number of hydrogen-bond donors (Lipinski definition) is 2. The van der Waals surface area contributed by atoms with Crippen molar-refractivity contribution in [1.29, 1.82) is 0 Å². The first-order valence-electron chi connectivity index (χ1n) is 5.92. The summed E-state index contributed by atoms with van der Waals surface area (Å²) in [5, 5.41) is 8.96. The largest absolute Gasteiger partial charge is 0.478 e. The first-order chi connectivity index (χ1) is 9.79. The van der Waals surface area contributed by atoms with E-state index in [-0.39, 0.29) is 16.1 Å². The predicted molar refractivity (Wildman–Crippen MR) is 83.1 cm³/mol. The number of benzene rings is 2. The van der Waals surface area contributed by atoms with Crippen LogP contribution in [0, 0.1) is 6.92 Å². The van der Waals surface area contributed by atoms with Gasteiger partial charge in [-0.1, -0.05) is 22.0 Å². The number of aryl methyl sites for hydroxylation is 1. The van der Waals surface area contributed by atoms with Gasteiger partial charge in [0.05, 0.1) is 16.1 Å². The molecule has 0 radical (unpaired) electrons. The third kappa shape index (κ3) is 3.62. The molecule has 0 aliphatic carbocycles. The average molecular weight is 370 g/mol. The Morgan fingerprint density at radius 3 is 2.33 bits per heavy atom. The molecule has 0 aliphatic rings. The van der Waals surface area contributed by atoms with Gasteiger partial charge in [0.15, 0.2) is 0 Å². The molecular formula is C14H12BrNO4S. The highest BCUT2D eigenvalue weighted by molar-refractivity contribution is 9.10. The van der Waals surface area contributed by atoms with Gasteiger partial charge in [0.2, 0.25) is 0 Å². The van der Waals surface area contributed by atoms with Crippen LogP contribution < -0.4 is 4.72 Å². The normalized spacial score (nSPS) is 11.1. The lowest BCUT2D eigenvalue weighted by Gasteiger charge is -2.11. The van der Waals surface area contributed by atoms with Gasteiger partial charge in [-0.05, 0) is 48.9 Å². The summed E-state index contributed by atoms with van der Waals surface area (Å²) in [4.78, 5) is 11.1. The second kappa shape index (κ2) is 5.87. The fourth-order valence-electron chi connectivity index (χ4n) is 1.68. The van der Waals surface area contributed by atoms with E-state index in [2.05, 4.69) is 20.7 Å². The maximum atomic E-state index is 12.3. The van der Waals surface area contributed by atoms with Crippen LogP contribution >= 0.6 is 15.9 Å². The Morgan fingerprint density at radius 2 is 1.76 bits per heavy atom. The van der Waals surface area contributed by atoms with E-state index >= 15 is 0 Å². The molecule has 2 rings (SSSR count). The Kier molecular flexibility index (Phi) is 4.34. The molecular weight excluding hydrogens is 358 g/mol. The Hall–Kier alpha value is -1.86. The number of anilines is 1. The second-order valence-electron chi connectivity index (χ2n) is 4.39. The van der Waals surface area contributed by atoms with Gasteiger partial charge in [-0.2, -0.15) is 0 Å². The monoisotopic (exact) mass is 369 g/mol. The summed E-state index contributed by atoms with van der Waals surface area (Å²) in [7, 11) is -3.76. The Balaban J connectivity index is 2.38. The second-order valence-corrected chi connectivity index (χ2v) is 6.99. The summed E-state index contributed by atoms with van der Waals surface area (Å²) in [5.74, 6) is -1.11. The lowest BCUT2D eigenvalue weighted by atomic mass is 10.1. The minimum absolute atomic E-state index is 0.0223. The molecule has 0 atom stereocenters. The maximum absolute atomic E-state index is 12.3. The minimum Gasteiger partial charge on any atom is -0.478 e. The molecule has 0 bridgehead atoms. The van der Waals surface area contributed by atoms with E-state index in [9.17, 15) is 13.2 Å². The van der Waals surface area contributed by atoms with Gasteiger partial charge in [0.25, 0.3) is 10.0 Å². The van der Waals surface area contributed by atoms with Crippen LogP contribution in [0.1, 0.15) is 15.9 Å². The molecule has 0 fully saturated rings. The van der Waals surface area contributed by atoms with Gasteiger partial charge in [0, 0.05) is 4.47 Å². The van der Waals surface area contributed by atoms with Crippen molar-refractivity contribution in [3.63, 3.8) is 0 Å². The Morgan fingerprint density at radius 1 is 1.14 bits per heavy atom. The zero-order valence-corrected chi connectivity index (χ0v) is 13.4. The molecule has 2 N–H and O–H groups in total. The van der Waals surface area contributed by atoms with Gasteiger partial charge in [-0.3, -0.25) is 4.72 Å². The molecule has 110 valence electrons. The predicted octanol–water partition coefficient (Wildman–Crippen LogP) is 3.26. The average Bonchev–Trinajstić information content (AvgIpc) is 2.41. The lowest BCUT2D eigenvalue weighted by Crippen LogP contribution is -2.14. The highest BCUT2D eigenvalue weighted by Crippen LogP contribution is 2.22. The molecule has 0 saturated heterocycles. The minimum atomic E-state index is -3.76. The summed E-state index contributed by atoms with van der Waals surface area (Å²) in [6, 6.07) is 10.4. The molecule has 0 aliphatic heterocycles. The fraction of sp³-hybridized carbons (Fsp3) is 0.0714. The number of halogens is 1. The van der Waals surface area contributed by atoms with Gasteiger partial charge in [-0.25, -0.2) is 13.2 Å². The zero-order valence-electron chi connectivity index (χ0n) is 11.0. The van der Waals surface area contributed by atoms with Crippen molar-refractivity contribution in [1.82, 2.24) is 0 Å². The number of aromatic carboxylic acids is 1. The molecule has 0 heterocycles. The van der Waals surface area contributed by atoms with E-state index in [1.54, 1.807) is 25.1 Å². The first kappa shape index (κ1) is 15.5. The van der Waals surface area contributed by atoms with Crippen molar-refractivity contribution in [3.05, 3.63) is 58.1 Å². The van der Waals surface area contributed by atoms with Crippen LogP contribution in [-0.2, 0) is 10.0 Å². The molecule has 7 heteroatoms. The first-order valence-corrected chi connectivity index (χ1v) is 8.19. The van der Waals surface area contributed by atoms with Gasteiger partial charge < -0.3 is 5.11 Å². The number of carbonyl (C=O) groups is 1. The summed E-state index contributed by atoms with van der Waals surface area (Å²) < 4.78 is 27.7. The van der Waals surface area contributed by atoms with Gasteiger partial charge in [0.1, 0.15) is 0 Å². The highest BCUT2D eigenvalue weighted by Gasteiger charge is 2.16. The number of hydrogen-bond acceptors (Lipinski definition) is 3.